The molecule has 0 aliphatic heterocycles. The Morgan fingerprint density at radius 1 is 1.27 bits per heavy atom. The van der Waals surface area contributed by atoms with Crippen molar-refractivity contribution in [2.45, 2.75) is 19.9 Å². The first-order chi connectivity index (χ1) is 5.20. The molecule has 11 heavy (non-hydrogen) atoms. The van der Waals surface area contributed by atoms with Gasteiger partial charge in [0.25, 0.3) is 0 Å². The normalized spacial score (nSPS) is 28.6. The Balaban J connectivity index is 2.66. The zero-order valence-electron chi connectivity index (χ0n) is 7.12. The lowest BCUT2D eigenvalue weighted by atomic mass is 9.94. The first-order valence-corrected chi connectivity index (χ1v) is 3.96. The lowest BCUT2D eigenvalue weighted by molar-refractivity contribution is 0.680. The molecule has 2 atom stereocenters. The van der Waals surface area contributed by atoms with Crippen LogP contribution in [-0.4, -0.2) is 6.04 Å². The molecule has 0 aromatic heterocycles. The third kappa shape index (κ3) is 2.35. The highest BCUT2D eigenvalue weighted by atomic mass is 14.6. The van der Waals surface area contributed by atoms with Crippen molar-refractivity contribution in [3.05, 3.63) is 36.0 Å². The number of nitrogens with two attached hydrogens (primary N) is 1. The zero-order valence-corrected chi connectivity index (χ0v) is 7.12. The summed E-state index contributed by atoms with van der Waals surface area (Å²) in [7, 11) is 0. The second-order valence-corrected chi connectivity index (χ2v) is 3.17. The van der Waals surface area contributed by atoms with E-state index in [0.29, 0.717) is 5.92 Å². The number of allylic oxidation sites excluding steroid dienone is 3. The van der Waals surface area contributed by atoms with Crippen LogP contribution in [0.3, 0.4) is 0 Å². The van der Waals surface area contributed by atoms with Crippen molar-refractivity contribution in [2.75, 3.05) is 0 Å². The molecule has 0 saturated carbocycles. The largest absolute Gasteiger partial charge is 0.324 e. The van der Waals surface area contributed by atoms with E-state index < -0.39 is 0 Å². The van der Waals surface area contributed by atoms with E-state index in [4.69, 9.17) is 5.73 Å². The van der Waals surface area contributed by atoms with Crippen molar-refractivity contribution in [1.82, 2.24) is 0 Å². The van der Waals surface area contributed by atoms with E-state index in [1.165, 1.54) is 5.57 Å². The third-order valence-corrected chi connectivity index (χ3v) is 1.75. The van der Waals surface area contributed by atoms with Gasteiger partial charge in [0, 0.05) is 12.0 Å². The summed E-state index contributed by atoms with van der Waals surface area (Å²) >= 11 is 0. The Morgan fingerprint density at radius 2 is 1.91 bits per heavy atom. The molecular weight excluding hydrogens is 134 g/mol. The van der Waals surface area contributed by atoms with E-state index in [2.05, 4.69) is 26.0 Å². The van der Waals surface area contributed by atoms with Crippen molar-refractivity contribution >= 4 is 0 Å². The van der Waals surface area contributed by atoms with Gasteiger partial charge in [-0.15, -0.1) is 0 Å². The van der Waals surface area contributed by atoms with Crippen LogP contribution in [0.2, 0.25) is 0 Å². The Kier molecular flexibility index (Phi) is 2.66. The van der Waals surface area contributed by atoms with Gasteiger partial charge in [0.15, 0.2) is 0 Å². The molecule has 60 valence electrons. The van der Waals surface area contributed by atoms with Gasteiger partial charge < -0.3 is 5.73 Å². The van der Waals surface area contributed by atoms with Crippen LogP contribution in [0.5, 0.6) is 0 Å². The van der Waals surface area contributed by atoms with Crippen LogP contribution >= 0.6 is 0 Å². The molecule has 0 aromatic carbocycles. The molecule has 1 heteroatoms. The molecule has 0 bridgehead atoms. The highest BCUT2D eigenvalue weighted by Gasteiger charge is 2.10. The summed E-state index contributed by atoms with van der Waals surface area (Å²) in [5, 5.41) is 0. The van der Waals surface area contributed by atoms with Crippen molar-refractivity contribution in [2.24, 2.45) is 11.7 Å². The monoisotopic (exact) mass is 149 g/mol. The molecule has 0 heterocycles. The molecule has 1 rings (SSSR count). The van der Waals surface area contributed by atoms with E-state index in [9.17, 15) is 0 Å². The van der Waals surface area contributed by atoms with E-state index in [1.54, 1.807) is 0 Å². The molecule has 0 unspecified atom stereocenters. The molecule has 1 aliphatic carbocycles. The lowest BCUT2D eigenvalue weighted by Gasteiger charge is -2.16. The minimum atomic E-state index is 0.162. The maximum atomic E-state index is 5.84. The Labute approximate surface area is 68.3 Å². The van der Waals surface area contributed by atoms with Gasteiger partial charge >= 0.3 is 0 Å². The summed E-state index contributed by atoms with van der Waals surface area (Å²) in [6.07, 6.45) is 10.4. The van der Waals surface area contributed by atoms with E-state index in [0.717, 1.165) is 0 Å². The zero-order chi connectivity index (χ0) is 8.27. The van der Waals surface area contributed by atoms with Crippen LogP contribution in [0.25, 0.3) is 0 Å². The van der Waals surface area contributed by atoms with Crippen molar-refractivity contribution in [3.8, 4) is 0 Å². The Bertz CT molecular complexity index is 207. The van der Waals surface area contributed by atoms with Crippen LogP contribution in [0.15, 0.2) is 36.0 Å². The van der Waals surface area contributed by atoms with Gasteiger partial charge in [-0.3, -0.25) is 0 Å². The second-order valence-electron chi connectivity index (χ2n) is 3.17. The second kappa shape index (κ2) is 3.54. The Morgan fingerprint density at radius 3 is 2.45 bits per heavy atom. The number of rotatable bonds is 1. The van der Waals surface area contributed by atoms with Gasteiger partial charge in [0.2, 0.25) is 0 Å². The maximum Gasteiger partial charge on any atom is 0.0326 e. The fourth-order valence-electron chi connectivity index (χ4n) is 1.19. The number of hydrogen-bond donors (Lipinski definition) is 1. The SMILES string of the molecule is CC(C)=C[C@H]1C=CC=C[C@@H]1N. The highest BCUT2D eigenvalue weighted by Crippen LogP contribution is 2.13. The van der Waals surface area contributed by atoms with Gasteiger partial charge in [-0.05, 0) is 13.8 Å². The topological polar surface area (TPSA) is 26.0 Å². The predicted molar refractivity (Wildman–Crippen MR) is 49.2 cm³/mol. The predicted octanol–water partition coefficient (Wildman–Crippen LogP) is 2.02. The van der Waals surface area contributed by atoms with Crippen LogP contribution in [-0.2, 0) is 0 Å². The summed E-state index contributed by atoms with van der Waals surface area (Å²) in [5.41, 5.74) is 7.17. The van der Waals surface area contributed by atoms with Gasteiger partial charge in [0.05, 0.1) is 0 Å². The molecule has 0 radical (unpaired) electrons. The van der Waals surface area contributed by atoms with Crippen molar-refractivity contribution in [1.29, 1.82) is 0 Å². The summed E-state index contributed by atoms with van der Waals surface area (Å²) in [4.78, 5) is 0. The highest BCUT2D eigenvalue weighted by molar-refractivity contribution is 5.21. The molecule has 1 nitrogen and oxygen atoms in total. The molecule has 2 N–H and O–H groups in total. The molecular formula is C10H15N. The van der Waals surface area contributed by atoms with E-state index >= 15 is 0 Å². The maximum absolute atomic E-state index is 5.84. The average Bonchev–Trinajstić information content (AvgIpc) is 1.93. The standard InChI is InChI=1S/C10H15N/c1-8(2)7-9-5-3-4-6-10(9)11/h3-7,9-10H,11H2,1-2H3/t9-,10+/m1/s1. The van der Waals surface area contributed by atoms with E-state index in [-0.39, 0.29) is 6.04 Å². The van der Waals surface area contributed by atoms with Gasteiger partial charge in [-0.1, -0.05) is 36.0 Å². The van der Waals surface area contributed by atoms with Crippen LogP contribution in [0.1, 0.15) is 13.8 Å². The van der Waals surface area contributed by atoms with Crippen molar-refractivity contribution in [3.63, 3.8) is 0 Å². The van der Waals surface area contributed by atoms with Crippen LogP contribution in [0.4, 0.5) is 0 Å². The van der Waals surface area contributed by atoms with Crippen LogP contribution in [0, 0.1) is 5.92 Å². The third-order valence-electron chi connectivity index (χ3n) is 1.75. The fraction of sp³-hybridized carbons (Fsp3) is 0.400. The molecule has 1 aliphatic rings. The molecule has 0 amide bonds. The van der Waals surface area contributed by atoms with Gasteiger partial charge in [0.1, 0.15) is 0 Å². The van der Waals surface area contributed by atoms with Gasteiger partial charge in [-0.25, -0.2) is 0 Å². The molecule has 0 aromatic rings. The van der Waals surface area contributed by atoms with Crippen molar-refractivity contribution < 1.29 is 0 Å². The smallest absolute Gasteiger partial charge is 0.0326 e. The summed E-state index contributed by atoms with van der Waals surface area (Å²) in [6.45, 7) is 4.19. The summed E-state index contributed by atoms with van der Waals surface area (Å²) in [6, 6.07) is 0.162. The van der Waals surface area contributed by atoms with Gasteiger partial charge in [-0.2, -0.15) is 0 Å². The molecule has 0 saturated heterocycles. The fourth-order valence-corrected chi connectivity index (χ4v) is 1.19. The lowest BCUT2D eigenvalue weighted by Crippen LogP contribution is -2.26. The van der Waals surface area contributed by atoms with E-state index in [1.807, 2.05) is 18.2 Å². The number of hydrogen-bond acceptors (Lipinski definition) is 1. The average molecular weight is 149 g/mol. The molecule has 0 fully saturated rings. The minimum absolute atomic E-state index is 0.162. The first kappa shape index (κ1) is 8.28. The summed E-state index contributed by atoms with van der Waals surface area (Å²) < 4.78 is 0. The minimum Gasteiger partial charge on any atom is -0.324 e. The van der Waals surface area contributed by atoms with Crippen LogP contribution < -0.4 is 5.73 Å². The molecule has 0 spiro atoms. The quantitative estimate of drug-likeness (QED) is 0.567. The Hall–Kier alpha value is -0.820. The first-order valence-electron chi connectivity index (χ1n) is 3.96. The summed E-state index contributed by atoms with van der Waals surface area (Å²) in [5.74, 6) is 0.394.